The van der Waals surface area contributed by atoms with Crippen molar-refractivity contribution in [3.05, 3.63) is 0 Å². The van der Waals surface area contributed by atoms with Gasteiger partial charge in [-0.05, 0) is 51.9 Å². The quantitative estimate of drug-likeness (QED) is 0.717. The predicted molar refractivity (Wildman–Crippen MR) is 91.3 cm³/mol. The van der Waals surface area contributed by atoms with Crippen molar-refractivity contribution >= 4 is 11.9 Å². The first-order valence-corrected chi connectivity index (χ1v) is 9.21. The van der Waals surface area contributed by atoms with Gasteiger partial charge in [0.1, 0.15) is 11.4 Å². The average molecular weight is 323 g/mol. The first-order chi connectivity index (χ1) is 10.7. The Morgan fingerprint density at radius 3 is 2.48 bits per heavy atom. The van der Waals surface area contributed by atoms with Gasteiger partial charge in [0.25, 0.3) is 0 Å². The molecule has 4 unspecified atom stereocenters. The zero-order valence-corrected chi connectivity index (χ0v) is 15.4. The first kappa shape index (κ1) is 18.3. The molecule has 1 amide bonds. The predicted octanol–water partition coefficient (Wildman–Crippen LogP) is 4.42. The van der Waals surface area contributed by atoms with E-state index in [9.17, 15) is 9.59 Å². The lowest BCUT2D eigenvalue weighted by Gasteiger charge is -2.41. The lowest BCUT2D eigenvalue weighted by Crippen LogP contribution is -2.51. The molecule has 23 heavy (non-hydrogen) atoms. The van der Waals surface area contributed by atoms with Crippen molar-refractivity contribution in [2.45, 2.75) is 84.8 Å². The highest BCUT2D eigenvalue weighted by atomic mass is 16.6. The van der Waals surface area contributed by atoms with Crippen molar-refractivity contribution in [2.24, 2.45) is 17.8 Å². The second kappa shape index (κ2) is 7.23. The maximum absolute atomic E-state index is 12.7. The van der Waals surface area contributed by atoms with Gasteiger partial charge in [-0.1, -0.05) is 26.7 Å². The summed E-state index contributed by atoms with van der Waals surface area (Å²) in [5.41, 5.74) is -0.495. The number of likely N-dealkylation sites (tertiary alicyclic amines) is 1. The molecule has 1 heterocycles. The number of Topliss-reactive ketones (excluding diaryl/α,β-unsaturated/α-hetero) is 1. The Labute approximate surface area is 140 Å². The van der Waals surface area contributed by atoms with Crippen LogP contribution in [0.25, 0.3) is 0 Å². The summed E-state index contributed by atoms with van der Waals surface area (Å²) in [4.78, 5) is 27.3. The molecular formula is C19H33NO3. The van der Waals surface area contributed by atoms with E-state index >= 15 is 0 Å². The molecule has 1 saturated carbocycles. The minimum absolute atomic E-state index is 0.0161. The SMILES string of the molecule is CC1CC(=O)C(C2CCCCCN2C(=O)OC(C)(C)C)C(C)C1. The molecule has 1 saturated heterocycles. The van der Waals surface area contributed by atoms with Crippen LogP contribution in [0.5, 0.6) is 0 Å². The molecule has 4 atom stereocenters. The van der Waals surface area contributed by atoms with Crippen LogP contribution in [0.1, 0.15) is 73.1 Å². The van der Waals surface area contributed by atoms with Gasteiger partial charge in [0.05, 0.1) is 0 Å². The van der Waals surface area contributed by atoms with E-state index in [1.807, 2.05) is 25.7 Å². The van der Waals surface area contributed by atoms with Gasteiger partial charge < -0.3 is 9.64 Å². The van der Waals surface area contributed by atoms with E-state index in [2.05, 4.69) is 13.8 Å². The average Bonchev–Trinajstić information content (AvgIpc) is 2.61. The Bertz CT molecular complexity index is 440. The summed E-state index contributed by atoms with van der Waals surface area (Å²) in [6.07, 6.45) is 5.64. The topological polar surface area (TPSA) is 46.6 Å². The second-order valence-corrected chi connectivity index (χ2v) is 8.60. The lowest BCUT2D eigenvalue weighted by molar-refractivity contribution is -0.130. The van der Waals surface area contributed by atoms with Crippen LogP contribution in [0.4, 0.5) is 4.79 Å². The maximum atomic E-state index is 12.7. The van der Waals surface area contributed by atoms with E-state index < -0.39 is 5.60 Å². The molecule has 0 bridgehead atoms. The van der Waals surface area contributed by atoms with Crippen LogP contribution in [0.2, 0.25) is 0 Å². The zero-order valence-electron chi connectivity index (χ0n) is 15.4. The highest BCUT2D eigenvalue weighted by Gasteiger charge is 2.42. The van der Waals surface area contributed by atoms with Crippen molar-refractivity contribution in [1.29, 1.82) is 0 Å². The molecule has 0 spiro atoms. The van der Waals surface area contributed by atoms with Gasteiger partial charge in [0.2, 0.25) is 0 Å². The van der Waals surface area contributed by atoms with Gasteiger partial charge in [-0.15, -0.1) is 0 Å². The number of ether oxygens (including phenoxy) is 1. The normalized spacial score (nSPS) is 33.3. The van der Waals surface area contributed by atoms with Gasteiger partial charge in [-0.25, -0.2) is 4.79 Å². The molecular weight excluding hydrogens is 290 g/mol. The summed E-state index contributed by atoms with van der Waals surface area (Å²) >= 11 is 0. The van der Waals surface area contributed by atoms with Gasteiger partial charge in [-0.3, -0.25) is 4.79 Å². The van der Waals surface area contributed by atoms with Crippen molar-refractivity contribution in [3.8, 4) is 0 Å². The van der Waals surface area contributed by atoms with Crippen LogP contribution < -0.4 is 0 Å². The minimum atomic E-state index is -0.495. The highest BCUT2D eigenvalue weighted by molar-refractivity contribution is 5.83. The zero-order chi connectivity index (χ0) is 17.2. The molecule has 2 aliphatic rings. The standard InChI is InChI=1S/C19H33NO3/c1-13-11-14(2)17(16(21)12-13)15-9-7-6-8-10-20(15)18(22)23-19(3,4)5/h13-15,17H,6-12H2,1-5H3. The molecule has 4 heteroatoms. The van der Waals surface area contributed by atoms with Crippen LogP contribution in [0.3, 0.4) is 0 Å². The Kier molecular flexibility index (Phi) is 5.74. The van der Waals surface area contributed by atoms with E-state index in [0.717, 1.165) is 32.1 Å². The second-order valence-electron chi connectivity index (χ2n) is 8.60. The Morgan fingerprint density at radius 1 is 1.17 bits per heavy atom. The number of rotatable bonds is 1. The summed E-state index contributed by atoms with van der Waals surface area (Å²) in [6.45, 7) is 10.7. The molecule has 0 N–H and O–H groups in total. The Hall–Kier alpha value is -1.06. The van der Waals surface area contributed by atoms with E-state index in [-0.39, 0.29) is 18.1 Å². The van der Waals surface area contributed by atoms with E-state index in [0.29, 0.717) is 30.6 Å². The van der Waals surface area contributed by atoms with Crippen LogP contribution in [0.15, 0.2) is 0 Å². The third-order valence-corrected chi connectivity index (χ3v) is 5.15. The van der Waals surface area contributed by atoms with Crippen LogP contribution in [-0.4, -0.2) is 35.0 Å². The smallest absolute Gasteiger partial charge is 0.410 e. The van der Waals surface area contributed by atoms with E-state index in [1.165, 1.54) is 0 Å². The van der Waals surface area contributed by atoms with E-state index in [4.69, 9.17) is 4.74 Å². The fourth-order valence-electron chi connectivity index (χ4n) is 4.31. The number of hydrogen-bond acceptors (Lipinski definition) is 3. The van der Waals surface area contributed by atoms with Gasteiger partial charge in [0.15, 0.2) is 0 Å². The molecule has 2 fully saturated rings. The molecule has 4 nitrogen and oxygen atoms in total. The van der Waals surface area contributed by atoms with Crippen molar-refractivity contribution in [1.82, 2.24) is 4.90 Å². The van der Waals surface area contributed by atoms with Crippen LogP contribution in [-0.2, 0) is 9.53 Å². The van der Waals surface area contributed by atoms with Crippen molar-refractivity contribution in [2.75, 3.05) is 6.54 Å². The number of hydrogen-bond donors (Lipinski definition) is 0. The fraction of sp³-hybridized carbons (Fsp3) is 0.895. The number of carbonyl (C=O) groups is 2. The molecule has 0 aromatic heterocycles. The molecule has 2 rings (SSSR count). The van der Waals surface area contributed by atoms with Gasteiger partial charge >= 0.3 is 6.09 Å². The third kappa shape index (κ3) is 4.71. The summed E-state index contributed by atoms with van der Waals surface area (Å²) in [5.74, 6) is 1.14. The van der Waals surface area contributed by atoms with Crippen LogP contribution >= 0.6 is 0 Å². The lowest BCUT2D eigenvalue weighted by atomic mass is 9.70. The maximum Gasteiger partial charge on any atom is 0.410 e. The largest absolute Gasteiger partial charge is 0.444 e. The summed E-state index contributed by atoms with van der Waals surface area (Å²) in [5, 5.41) is 0. The van der Waals surface area contributed by atoms with Crippen molar-refractivity contribution < 1.29 is 14.3 Å². The third-order valence-electron chi connectivity index (χ3n) is 5.15. The highest BCUT2D eigenvalue weighted by Crippen LogP contribution is 2.37. The molecule has 132 valence electrons. The van der Waals surface area contributed by atoms with Crippen molar-refractivity contribution in [3.63, 3.8) is 0 Å². The molecule has 0 aromatic carbocycles. The van der Waals surface area contributed by atoms with Gasteiger partial charge in [-0.2, -0.15) is 0 Å². The number of ketones is 1. The summed E-state index contributed by atoms with van der Waals surface area (Å²) < 4.78 is 5.62. The van der Waals surface area contributed by atoms with Gasteiger partial charge in [0, 0.05) is 24.9 Å². The number of carbonyl (C=O) groups excluding carboxylic acids is 2. The first-order valence-electron chi connectivity index (χ1n) is 9.21. The number of nitrogens with zero attached hydrogens (tertiary/aromatic N) is 1. The monoisotopic (exact) mass is 323 g/mol. The van der Waals surface area contributed by atoms with Crippen LogP contribution in [0, 0.1) is 17.8 Å². The molecule has 1 aliphatic carbocycles. The summed E-state index contributed by atoms with van der Waals surface area (Å²) in [6, 6.07) is 0.0161. The Morgan fingerprint density at radius 2 is 1.87 bits per heavy atom. The Balaban J connectivity index is 2.20. The minimum Gasteiger partial charge on any atom is -0.444 e. The summed E-state index contributed by atoms with van der Waals surface area (Å²) in [7, 11) is 0. The number of amides is 1. The van der Waals surface area contributed by atoms with E-state index in [1.54, 1.807) is 0 Å². The molecule has 0 radical (unpaired) electrons. The molecule has 0 aromatic rings. The fourth-order valence-corrected chi connectivity index (χ4v) is 4.31. The molecule has 1 aliphatic heterocycles.